The number of rotatable bonds is 6. The van der Waals surface area contributed by atoms with Crippen molar-refractivity contribution in [3.8, 4) is 0 Å². The molecule has 4 rings (SSSR count). The molecule has 1 aromatic carbocycles. The molecule has 2 heterocycles. The molecule has 1 aromatic rings. The van der Waals surface area contributed by atoms with E-state index in [1.54, 1.807) is 4.90 Å². The fourth-order valence-corrected chi connectivity index (χ4v) is 6.55. The Balaban J connectivity index is 1.69. The summed E-state index contributed by atoms with van der Waals surface area (Å²) in [6.07, 6.45) is 4.02. The van der Waals surface area contributed by atoms with Gasteiger partial charge in [0.2, 0.25) is 15.9 Å². The van der Waals surface area contributed by atoms with E-state index in [0.717, 1.165) is 31.6 Å². The van der Waals surface area contributed by atoms with Gasteiger partial charge in [-0.1, -0.05) is 20.3 Å². The molecule has 0 bridgehead atoms. The largest absolute Gasteiger partial charge is 0.341 e. The first-order valence-electron chi connectivity index (χ1n) is 11.0. The average molecular weight is 497 g/mol. The standard InChI is InChI=1S/C21H28N4O6S2/c1-12(2)9-10-25-16-6-4-5-14(16)19(26)18(21(25)27)20-22-15-8-7-13(23-32(3,28)29)11-17(15)33(30,31)24-20/h7-8,11-12,14,16,18,23H,4-6,9-10H2,1-3H3,(H,22,24). The number of nitrogens with zero attached hydrogens (tertiary/aromatic N) is 2. The van der Waals surface area contributed by atoms with Gasteiger partial charge in [0.1, 0.15) is 10.7 Å². The van der Waals surface area contributed by atoms with Crippen LogP contribution in [0.15, 0.2) is 27.5 Å². The lowest BCUT2D eigenvalue weighted by molar-refractivity contribution is -0.149. The third kappa shape index (κ3) is 4.63. The predicted octanol–water partition coefficient (Wildman–Crippen LogP) is 1.81. The third-order valence-electron chi connectivity index (χ3n) is 6.32. The minimum absolute atomic E-state index is 0.0683. The Hall–Kier alpha value is -2.47. The number of piperidine rings is 1. The molecule has 0 radical (unpaired) electrons. The van der Waals surface area contributed by atoms with E-state index in [4.69, 9.17) is 0 Å². The number of carbonyl (C=O) groups is 2. The van der Waals surface area contributed by atoms with Gasteiger partial charge in [-0.15, -0.1) is 4.40 Å². The van der Waals surface area contributed by atoms with Gasteiger partial charge >= 0.3 is 0 Å². The zero-order valence-corrected chi connectivity index (χ0v) is 20.4. The van der Waals surface area contributed by atoms with Gasteiger partial charge in [0, 0.05) is 24.2 Å². The SMILES string of the molecule is CC(C)CCN1C(=O)C(C2=NS(=O)(=O)c3cc(NS(C)(=O)=O)ccc3N2)C(=O)C2CCCC21. The second kappa shape index (κ2) is 8.39. The Morgan fingerprint density at radius 2 is 1.97 bits per heavy atom. The summed E-state index contributed by atoms with van der Waals surface area (Å²) in [6, 6.07) is 3.81. The van der Waals surface area contributed by atoms with Crippen molar-refractivity contribution in [2.75, 3.05) is 22.8 Å². The summed E-state index contributed by atoms with van der Waals surface area (Å²) in [7, 11) is -7.87. The molecule has 3 atom stereocenters. The lowest BCUT2D eigenvalue weighted by atomic mass is 9.81. The first-order valence-corrected chi connectivity index (χ1v) is 14.3. The fourth-order valence-electron chi connectivity index (χ4n) is 4.82. The normalized spacial score (nSPS) is 26.5. The Kier molecular flexibility index (Phi) is 6.02. The topological polar surface area (TPSA) is 142 Å². The number of nitrogens with one attached hydrogen (secondary N) is 2. The highest BCUT2D eigenvalue weighted by atomic mass is 32.2. The zero-order chi connectivity index (χ0) is 24.1. The van der Waals surface area contributed by atoms with Crippen molar-refractivity contribution in [2.24, 2.45) is 22.2 Å². The number of likely N-dealkylation sites (tertiary alicyclic amines) is 1. The molecule has 0 aromatic heterocycles. The molecule has 33 heavy (non-hydrogen) atoms. The third-order valence-corrected chi connectivity index (χ3v) is 8.26. The van der Waals surface area contributed by atoms with Crippen LogP contribution in [0.3, 0.4) is 0 Å². The van der Waals surface area contributed by atoms with Crippen LogP contribution in [0.5, 0.6) is 0 Å². The summed E-state index contributed by atoms with van der Waals surface area (Å²) in [5.74, 6) is -2.14. The summed E-state index contributed by atoms with van der Waals surface area (Å²) in [5, 5.41) is 2.86. The lowest BCUT2D eigenvalue weighted by Gasteiger charge is -2.41. The van der Waals surface area contributed by atoms with Crippen LogP contribution in [0, 0.1) is 17.8 Å². The van der Waals surface area contributed by atoms with E-state index in [9.17, 15) is 26.4 Å². The highest BCUT2D eigenvalue weighted by molar-refractivity contribution is 7.92. The Bertz CT molecular complexity index is 1240. The van der Waals surface area contributed by atoms with Crippen LogP contribution in [0.4, 0.5) is 11.4 Å². The molecule has 2 fully saturated rings. The van der Waals surface area contributed by atoms with E-state index in [1.165, 1.54) is 12.1 Å². The lowest BCUT2D eigenvalue weighted by Crippen LogP contribution is -2.59. The number of amidine groups is 1. The number of Topliss-reactive ketones (excluding diaryl/α,β-unsaturated/α-hetero) is 1. The molecular formula is C21H28N4O6S2. The van der Waals surface area contributed by atoms with Crippen molar-refractivity contribution in [1.82, 2.24) is 4.90 Å². The smallest absolute Gasteiger partial charge is 0.286 e. The van der Waals surface area contributed by atoms with Crippen molar-refractivity contribution in [1.29, 1.82) is 0 Å². The fraction of sp³-hybridized carbons (Fsp3) is 0.571. The van der Waals surface area contributed by atoms with Gasteiger partial charge in [-0.05, 0) is 43.4 Å². The first-order chi connectivity index (χ1) is 15.4. The van der Waals surface area contributed by atoms with Gasteiger partial charge in [-0.2, -0.15) is 8.42 Å². The number of fused-ring (bicyclic) bond motifs is 2. The van der Waals surface area contributed by atoms with Crippen molar-refractivity contribution in [3.05, 3.63) is 18.2 Å². The molecule has 2 N–H and O–H groups in total. The van der Waals surface area contributed by atoms with Gasteiger partial charge in [-0.25, -0.2) is 8.42 Å². The second-order valence-electron chi connectivity index (χ2n) is 9.32. The van der Waals surface area contributed by atoms with Gasteiger partial charge in [0.05, 0.1) is 11.9 Å². The molecule has 3 unspecified atom stereocenters. The number of anilines is 2. The van der Waals surface area contributed by atoms with E-state index < -0.39 is 31.9 Å². The maximum Gasteiger partial charge on any atom is 0.286 e. The number of amides is 1. The quantitative estimate of drug-likeness (QED) is 0.572. The Labute approximate surface area is 193 Å². The van der Waals surface area contributed by atoms with Crippen molar-refractivity contribution >= 4 is 48.9 Å². The Morgan fingerprint density at radius 1 is 1.24 bits per heavy atom. The molecule has 10 nitrogen and oxygen atoms in total. The highest BCUT2D eigenvalue weighted by Gasteiger charge is 2.52. The summed E-state index contributed by atoms with van der Waals surface area (Å²) >= 11 is 0. The maximum absolute atomic E-state index is 13.4. The van der Waals surface area contributed by atoms with Crippen LogP contribution >= 0.6 is 0 Å². The molecule has 1 saturated carbocycles. The molecule has 1 amide bonds. The van der Waals surface area contributed by atoms with Crippen LogP contribution in [0.1, 0.15) is 39.5 Å². The number of hydrogen-bond acceptors (Lipinski definition) is 7. The highest BCUT2D eigenvalue weighted by Crippen LogP contribution is 2.40. The maximum atomic E-state index is 13.4. The van der Waals surface area contributed by atoms with Crippen molar-refractivity contribution in [3.63, 3.8) is 0 Å². The van der Waals surface area contributed by atoms with Crippen LogP contribution in [0.25, 0.3) is 0 Å². The molecule has 1 saturated heterocycles. The molecule has 12 heteroatoms. The van der Waals surface area contributed by atoms with Gasteiger partial charge in [0.15, 0.2) is 11.7 Å². The van der Waals surface area contributed by atoms with Gasteiger partial charge < -0.3 is 10.2 Å². The second-order valence-corrected chi connectivity index (χ2v) is 12.6. The van der Waals surface area contributed by atoms with Crippen molar-refractivity contribution < 1.29 is 26.4 Å². The predicted molar refractivity (Wildman–Crippen MR) is 124 cm³/mol. The number of hydrogen-bond donors (Lipinski definition) is 2. The van der Waals surface area contributed by atoms with Crippen molar-refractivity contribution in [2.45, 2.75) is 50.5 Å². The minimum Gasteiger partial charge on any atom is -0.341 e. The summed E-state index contributed by atoms with van der Waals surface area (Å²) < 4.78 is 54.9. The average Bonchev–Trinajstić information content (AvgIpc) is 3.16. The number of carbonyl (C=O) groups excluding carboxylic acids is 2. The first kappa shape index (κ1) is 23.7. The van der Waals surface area contributed by atoms with E-state index >= 15 is 0 Å². The molecule has 2 aliphatic heterocycles. The van der Waals surface area contributed by atoms with Crippen LogP contribution < -0.4 is 10.0 Å². The summed E-state index contributed by atoms with van der Waals surface area (Å²) in [6.45, 7) is 4.64. The van der Waals surface area contributed by atoms with E-state index in [1.807, 2.05) is 0 Å². The van der Waals surface area contributed by atoms with Gasteiger partial charge in [0.25, 0.3) is 10.0 Å². The molecule has 180 valence electrons. The molecular weight excluding hydrogens is 468 g/mol. The zero-order valence-electron chi connectivity index (χ0n) is 18.7. The molecule has 3 aliphatic rings. The number of benzene rings is 1. The number of ketones is 1. The summed E-state index contributed by atoms with van der Waals surface area (Å²) in [5.41, 5.74) is 0.209. The van der Waals surface area contributed by atoms with E-state index in [0.29, 0.717) is 18.9 Å². The van der Waals surface area contributed by atoms with Crippen LogP contribution in [-0.2, 0) is 29.6 Å². The van der Waals surface area contributed by atoms with E-state index in [2.05, 4.69) is 28.3 Å². The molecule has 0 spiro atoms. The minimum atomic E-state index is -4.26. The van der Waals surface area contributed by atoms with Gasteiger partial charge in [-0.3, -0.25) is 14.3 Å². The molecule has 1 aliphatic carbocycles. The summed E-state index contributed by atoms with van der Waals surface area (Å²) in [4.78, 5) is 28.2. The number of sulfonamides is 2. The van der Waals surface area contributed by atoms with Crippen LogP contribution in [-0.4, -0.2) is 58.1 Å². The Morgan fingerprint density at radius 3 is 2.64 bits per heavy atom. The monoisotopic (exact) mass is 496 g/mol. The van der Waals surface area contributed by atoms with E-state index in [-0.39, 0.29) is 39.8 Å². The van der Waals surface area contributed by atoms with Crippen LogP contribution in [0.2, 0.25) is 0 Å².